The van der Waals surface area contributed by atoms with Gasteiger partial charge >= 0.3 is 0 Å². The highest BCUT2D eigenvalue weighted by molar-refractivity contribution is 5.89. The van der Waals surface area contributed by atoms with Gasteiger partial charge in [0.1, 0.15) is 11.5 Å². The summed E-state index contributed by atoms with van der Waals surface area (Å²) in [5.74, 6) is 1.75. The van der Waals surface area contributed by atoms with Gasteiger partial charge in [-0.05, 0) is 38.4 Å². The standard InChI is InChI=1S/C21H22N2O2/c1-23(2)11-12-24-14-15-13-18-16-7-3-5-9-19(16)25-20-10-6-4-8-17(20)21(18)22-15/h3-10,13,22H,11-12,14H2,1-2H3. The van der Waals surface area contributed by atoms with Crippen molar-refractivity contribution in [3.63, 3.8) is 0 Å². The number of nitrogens with zero attached hydrogens (tertiary/aromatic N) is 1. The van der Waals surface area contributed by atoms with E-state index in [2.05, 4.69) is 28.1 Å². The number of aromatic nitrogens is 1. The lowest BCUT2D eigenvalue weighted by atomic mass is 10.0. The van der Waals surface area contributed by atoms with Crippen LogP contribution in [0.3, 0.4) is 0 Å². The maximum absolute atomic E-state index is 6.15. The minimum Gasteiger partial charge on any atom is -0.456 e. The van der Waals surface area contributed by atoms with Crippen molar-refractivity contribution in [3.05, 3.63) is 60.3 Å². The highest BCUT2D eigenvalue weighted by Crippen LogP contribution is 2.46. The van der Waals surface area contributed by atoms with Gasteiger partial charge in [-0.25, -0.2) is 0 Å². The molecule has 0 atom stereocenters. The number of nitrogens with one attached hydrogen (secondary N) is 1. The molecule has 1 aromatic heterocycles. The highest BCUT2D eigenvalue weighted by atomic mass is 16.5. The number of likely N-dealkylation sites (N-methyl/N-ethyl adjacent to an activating group) is 1. The van der Waals surface area contributed by atoms with Crippen molar-refractivity contribution in [2.24, 2.45) is 0 Å². The van der Waals surface area contributed by atoms with Crippen LogP contribution in [0.1, 0.15) is 5.69 Å². The molecule has 2 heterocycles. The lowest BCUT2D eigenvalue weighted by molar-refractivity contribution is 0.103. The van der Waals surface area contributed by atoms with Gasteiger partial charge in [-0.2, -0.15) is 0 Å². The molecule has 0 amide bonds. The van der Waals surface area contributed by atoms with E-state index in [1.54, 1.807) is 0 Å². The van der Waals surface area contributed by atoms with Gasteiger partial charge in [-0.3, -0.25) is 0 Å². The largest absolute Gasteiger partial charge is 0.456 e. The zero-order valence-corrected chi connectivity index (χ0v) is 14.6. The fourth-order valence-electron chi connectivity index (χ4n) is 3.10. The van der Waals surface area contributed by atoms with Gasteiger partial charge in [0.2, 0.25) is 0 Å². The number of H-pyrrole nitrogens is 1. The van der Waals surface area contributed by atoms with E-state index in [1.165, 1.54) is 0 Å². The molecule has 25 heavy (non-hydrogen) atoms. The van der Waals surface area contributed by atoms with E-state index >= 15 is 0 Å². The minimum atomic E-state index is 0.575. The second-order valence-electron chi connectivity index (χ2n) is 6.53. The molecule has 0 spiro atoms. The SMILES string of the molecule is CN(C)CCOCc1cc2c([nH]1)-c1ccccc1Oc1ccccc1-2. The Labute approximate surface area is 148 Å². The first kappa shape index (κ1) is 15.9. The molecule has 1 aliphatic rings. The Morgan fingerprint density at radius 2 is 1.60 bits per heavy atom. The maximum Gasteiger partial charge on any atom is 0.136 e. The van der Waals surface area contributed by atoms with Crippen LogP contribution in [0.25, 0.3) is 22.4 Å². The van der Waals surface area contributed by atoms with Gasteiger partial charge in [0.25, 0.3) is 0 Å². The Bertz CT molecular complexity index is 820. The summed E-state index contributed by atoms with van der Waals surface area (Å²) >= 11 is 0. The summed E-state index contributed by atoms with van der Waals surface area (Å²) in [5.41, 5.74) is 5.51. The Hall–Kier alpha value is -2.56. The molecule has 4 heteroatoms. The molecule has 0 bridgehead atoms. The molecule has 3 aromatic rings. The Kier molecular flexibility index (Phi) is 4.30. The number of fused-ring (bicyclic) bond motifs is 5. The molecule has 0 saturated carbocycles. The zero-order valence-electron chi connectivity index (χ0n) is 14.6. The predicted octanol–water partition coefficient (Wildman–Crippen LogP) is 4.53. The molecule has 1 aliphatic heterocycles. The van der Waals surface area contributed by atoms with Gasteiger partial charge in [-0.15, -0.1) is 0 Å². The van der Waals surface area contributed by atoms with Crippen molar-refractivity contribution < 1.29 is 9.47 Å². The highest BCUT2D eigenvalue weighted by Gasteiger charge is 2.22. The molecule has 0 radical (unpaired) electrons. The van der Waals surface area contributed by atoms with Crippen molar-refractivity contribution in [2.75, 3.05) is 27.2 Å². The first-order valence-electron chi connectivity index (χ1n) is 8.53. The summed E-state index contributed by atoms with van der Waals surface area (Å²) in [6.07, 6.45) is 0. The average Bonchev–Trinajstić information content (AvgIpc) is 2.98. The third-order valence-corrected chi connectivity index (χ3v) is 4.37. The van der Waals surface area contributed by atoms with E-state index in [-0.39, 0.29) is 0 Å². The molecule has 0 unspecified atom stereocenters. The molecule has 1 N–H and O–H groups in total. The third-order valence-electron chi connectivity index (χ3n) is 4.37. The summed E-state index contributed by atoms with van der Waals surface area (Å²) < 4.78 is 12.0. The Morgan fingerprint density at radius 3 is 2.36 bits per heavy atom. The van der Waals surface area contributed by atoms with E-state index in [1.807, 2.05) is 50.5 Å². The van der Waals surface area contributed by atoms with Crippen molar-refractivity contribution in [1.29, 1.82) is 0 Å². The minimum absolute atomic E-state index is 0.575. The Morgan fingerprint density at radius 1 is 0.920 bits per heavy atom. The van der Waals surface area contributed by atoms with Crippen molar-refractivity contribution in [1.82, 2.24) is 9.88 Å². The van der Waals surface area contributed by atoms with Crippen LogP contribution >= 0.6 is 0 Å². The van der Waals surface area contributed by atoms with E-state index in [0.29, 0.717) is 13.2 Å². The average molecular weight is 334 g/mol. The number of para-hydroxylation sites is 2. The van der Waals surface area contributed by atoms with E-state index in [4.69, 9.17) is 9.47 Å². The topological polar surface area (TPSA) is 37.5 Å². The van der Waals surface area contributed by atoms with E-state index < -0.39 is 0 Å². The summed E-state index contributed by atoms with van der Waals surface area (Å²) in [4.78, 5) is 5.66. The summed E-state index contributed by atoms with van der Waals surface area (Å²) in [6.45, 7) is 2.21. The van der Waals surface area contributed by atoms with Crippen molar-refractivity contribution >= 4 is 0 Å². The third kappa shape index (κ3) is 3.18. The van der Waals surface area contributed by atoms with Crippen molar-refractivity contribution in [2.45, 2.75) is 6.61 Å². The summed E-state index contributed by atoms with van der Waals surface area (Å²) in [6, 6.07) is 18.5. The molecular formula is C21H22N2O2. The van der Waals surface area contributed by atoms with Gasteiger partial charge < -0.3 is 19.4 Å². The number of aromatic amines is 1. The fraction of sp³-hybridized carbons (Fsp3) is 0.238. The van der Waals surface area contributed by atoms with Crippen LogP contribution < -0.4 is 4.74 Å². The Balaban J connectivity index is 1.71. The van der Waals surface area contributed by atoms with Gasteiger partial charge in [0.05, 0.1) is 18.9 Å². The maximum atomic E-state index is 6.15. The van der Waals surface area contributed by atoms with E-state index in [9.17, 15) is 0 Å². The summed E-state index contributed by atoms with van der Waals surface area (Å²) in [7, 11) is 4.10. The number of benzene rings is 2. The molecular weight excluding hydrogens is 312 g/mol. The van der Waals surface area contributed by atoms with Crippen LogP contribution in [-0.4, -0.2) is 37.1 Å². The van der Waals surface area contributed by atoms with Gasteiger partial charge in [-0.1, -0.05) is 30.3 Å². The number of hydrogen-bond acceptors (Lipinski definition) is 3. The quantitative estimate of drug-likeness (QED) is 0.545. The van der Waals surface area contributed by atoms with Crippen LogP contribution in [0.5, 0.6) is 11.5 Å². The predicted molar refractivity (Wildman–Crippen MR) is 99.9 cm³/mol. The first-order chi connectivity index (χ1) is 12.2. The molecule has 128 valence electrons. The van der Waals surface area contributed by atoms with Crippen LogP contribution in [0.15, 0.2) is 54.6 Å². The molecule has 4 rings (SSSR count). The number of hydrogen-bond donors (Lipinski definition) is 1. The van der Waals surface area contributed by atoms with E-state index in [0.717, 1.165) is 46.1 Å². The monoisotopic (exact) mass is 334 g/mol. The lowest BCUT2D eigenvalue weighted by Gasteiger charge is -2.10. The fourth-order valence-corrected chi connectivity index (χ4v) is 3.10. The number of ether oxygens (including phenoxy) is 2. The van der Waals surface area contributed by atoms with Crippen LogP contribution in [-0.2, 0) is 11.3 Å². The molecule has 0 aliphatic carbocycles. The number of rotatable bonds is 5. The van der Waals surface area contributed by atoms with Crippen LogP contribution in [0, 0.1) is 0 Å². The van der Waals surface area contributed by atoms with Crippen molar-refractivity contribution in [3.8, 4) is 33.9 Å². The van der Waals surface area contributed by atoms with Crippen LogP contribution in [0.2, 0.25) is 0 Å². The van der Waals surface area contributed by atoms with Gasteiger partial charge in [0.15, 0.2) is 0 Å². The normalized spacial score (nSPS) is 12.1. The smallest absolute Gasteiger partial charge is 0.136 e. The second-order valence-corrected chi connectivity index (χ2v) is 6.53. The van der Waals surface area contributed by atoms with Crippen LogP contribution in [0.4, 0.5) is 0 Å². The second kappa shape index (κ2) is 6.75. The zero-order chi connectivity index (χ0) is 17.2. The van der Waals surface area contributed by atoms with Gasteiger partial charge in [0, 0.05) is 28.9 Å². The summed E-state index contributed by atoms with van der Waals surface area (Å²) in [5, 5.41) is 0. The lowest BCUT2D eigenvalue weighted by Crippen LogP contribution is -2.17. The molecule has 4 nitrogen and oxygen atoms in total. The first-order valence-corrected chi connectivity index (χ1v) is 8.53. The molecule has 0 saturated heterocycles. The molecule has 2 aromatic carbocycles. The molecule has 0 fully saturated rings.